The summed E-state index contributed by atoms with van der Waals surface area (Å²) in [6.07, 6.45) is 8.06. The third kappa shape index (κ3) is 3.10. The van der Waals surface area contributed by atoms with Crippen molar-refractivity contribution < 1.29 is 0 Å². The Morgan fingerprint density at radius 2 is 2.12 bits per heavy atom. The van der Waals surface area contributed by atoms with E-state index < -0.39 is 0 Å². The van der Waals surface area contributed by atoms with Crippen molar-refractivity contribution in [2.24, 2.45) is 7.05 Å². The molecule has 0 saturated heterocycles. The van der Waals surface area contributed by atoms with Crippen LogP contribution in [-0.4, -0.2) is 26.3 Å². The summed E-state index contributed by atoms with van der Waals surface area (Å²) >= 11 is 0. The fourth-order valence-electron chi connectivity index (χ4n) is 1.83. The van der Waals surface area contributed by atoms with Crippen LogP contribution in [0.15, 0.2) is 31.0 Å². The first-order valence-electron chi connectivity index (χ1n) is 5.76. The Labute approximate surface area is 101 Å². The second-order valence-corrected chi connectivity index (χ2v) is 3.97. The molecule has 90 valence electrons. The van der Waals surface area contributed by atoms with Gasteiger partial charge in [0.15, 0.2) is 0 Å². The third-order valence-corrected chi connectivity index (χ3v) is 2.62. The maximum Gasteiger partial charge on any atom is 0.115 e. The van der Waals surface area contributed by atoms with E-state index in [0.717, 1.165) is 24.2 Å². The summed E-state index contributed by atoms with van der Waals surface area (Å²) in [6.45, 7) is 3.00. The number of aryl methyl sites for hydroxylation is 1. The zero-order chi connectivity index (χ0) is 12.1. The average Bonchev–Trinajstić information content (AvgIpc) is 2.75. The van der Waals surface area contributed by atoms with Gasteiger partial charge in [0.25, 0.3) is 0 Å². The van der Waals surface area contributed by atoms with Crippen LogP contribution in [0.25, 0.3) is 0 Å². The van der Waals surface area contributed by atoms with Gasteiger partial charge >= 0.3 is 0 Å². The van der Waals surface area contributed by atoms with Crippen LogP contribution in [0.2, 0.25) is 0 Å². The van der Waals surface area contributed by atoms with Gasteiger partial charge in [0, 0.05) is 43.7 Å². The lowest BCUT2D eigenvalue weighted by atomic mass is 10.1. The highest BCUT2D eigenvalue weighted by Crippen LogP contribution is 2.15. The zero-order valence-corrected chi connectivity index (χ0v) is 10.2. The van der Waals surface area contributed by atoms with Crippen LogP contribution in [0.4, 0.5) is 0 Å². The molecule has 1 atom stereocenters. The predicted molar refractivity (Wildman–Crippen MR) is 65.4 cm³/mol. The van der Waals surface area contributed by atoms with E-state index in [0.29, 0.717) is 0 Å². The van der Waals surface area contributed by atoms with Crippen molar-refractivity contribution in [2.45, 2.75) is 19.4 Å². The fourth-order valence-corrected chi connectivity index (χ4v) is 1.83. The lowest BCUT2D eigenvalue weighted by molar-refractivity contribution is 0.536. The van der Waals surface area contributed by atoms with Crippen molar-refractivity contribution in [3.05, 3.63) is 42.2 Å². The molecule has 5 nitrogen and oxygen atoms in total. The second-order valence-electron chi connectivity index (χ2n) is 3.97. The van der Waals surface area contributed by atoms with Crippen LogP contribution in [0, 0.1) is 0 Å². The lowest BCUT2D eigenvalue weighted by Crippen LogP contribution is -2.23. The predicted octanol–water partition coefficient (Wildman–Crippen LogP) is 1.10. The first-order chi connectivity index (χ1) is 8.29. The molecule has 0 bridgehead atoms. The van der Waals surface area contributed by atoms with Gasteiger partial charge < -0.3 is 5.32 Å². The van der Waals surface area contributed by atoms with Gasteiger partial charge in [0.2, 0.25) is 0 Å². The maximum absolute atomic E-state index is 4.39. The molecule has 0 aliphatic carbocycles. The van der Waals surface area contributed by atoms with Gasteiger partial charge in [-0.05, 0) is 12.6 Å². The largest absolute Gasteiger partial charge is 0.310 e. The molecule has 5 heteroatoms. The summed E-state index contributed by atoms with van der Waals surface area (Å²) in [5.74, 6) is 0. The number of rotatable bonds is 5. The van der Waals surface area contributed by atoms with Gasteiger partial charge in [-0.1, -0.05) is 6.92 Å². The third-order valence-electron chi connectivity index (χ3n) is 2.62. The van der Waals surface area contributed by atoms with Crippen LogP contribution in [-0.2, 0) is 13.5 Å². The summed E-state index contributed by atoms with van der Waals surface area (Å²) < 4.78 is 1.82. The molecule has 17 heavy (non-hydrogen) atoms. The Morgan fingerprint density at radius 3 is 2.71 bits per heavy atom. The number of nitrogens with zero attached hydrogens (tertiary/aromatic N) is 4. The molecule has 2 rings (SSSR count). The molecule has 0 fully saturated rings. The number of hydrogen-bond acceptors (Lipinski definition) is 4. The number of nitrogens with one attached hydrogen (secondary N) is 1. The highest BCUT2D eigenvalue weighted by atomic mass is 15.2. The van der Waals surface area contributed by atoms with Crippen LogP contribution in [0.1, 0.15) is 24.2 Å². The minimum atomic E-state index is 0.219. The quantitative estimate of drug-likeness (QED) is 0.837. The van der Waals surface area contributed by atoms with Gasteiger partial charge in [-0.2, -0.15) is 5.10 Å². The number of aromatic nitrogens is 4. The molecule has 0 saturated carbocycles. The Balaban J connectivity index is 2.13. The topological polar surface area (TPSA) is 55.6 Å². The van der Waals surface area contributed by atoms with Crippen LogP contribution >= 0.6 is 0 Å². The smallest absolute Gasteiger partial charge is 0.115 e. The van der Waals surface area contributed by atoms with E-state index in [4.69, 9.17) is 0 Å². The Hall–Kier alpha value is -1.75. The van der Waals surface area contributed by atoms with Gasteiger partial charge in [0.1, 0.15) is 6.33 Å². The lowest BCUT2D eigenvalue weighted by Gasteiger charge is -2.16. The molecule has 0 amide bonds. The first-order valence-corrected chi connectivity index (χ1v) is 5.76. The maximum atomic E-state index is 4.39. The van der Waals surface area contributed by atoms with Crippen molar-refractivity contribution in [1.29, 1.82) is 0 Å². The molecule has 0 spiro atoms. The minimum Gasteiger partial charge on any atom is -0.310 e. The monoisotopic (exact) mass is 231 g/mol. The van der Waals surface area contributed by atoms with Crippen LogP contribution < -0.4 is 5.32 Å². The van der Waals surface area contributed by atoms with Crippen molar-refractivity contribution >= 4 is 0 Å². The number of likely N-dealkylation sites (N-methyl/N-ethyl adjacent to an activating group) is 1. The minimum absolute atomic E-state index is 0.219. The summed E-state index contributed by atoms with van der Waals surface area (Å²) in [4.78, 5) is 8.12. The van der Waals surface area contributed by atoms with E-state index in [9.17, 15) is 0 Å². The number of hydrogen-bond donors (Lipinski definition) is 1. The molecule has 2 heterocycles. The van der Waals surface area contributed by atoms with Gasteiger partial charge in [-0.3, -0.25) is 4.68 Å². The summed E-state index contributed by atoms with van der Waals surface area (Å²) in [6, 6.07) is 2.25. The molecule has 1 N–H and O–H groups in total. The van der Waals surface area contributed by atoms with Crippen molar-refractivity contribution in [2.75, 3.05) is 6.54 Å². The van der Waals surface area contributed by atoms with Crippen LogP contribution in [0.3, 0.4) is 0 Å². The molecular weight excluding hydrogens is 214 g/mol. The fraction of sp³-hybridized carbons (Fsp3) is 0.417. The molecule has 2 aromatic rings. The average molecular weight is 231 g/mol. The molecule has 2 aromatic heterocycles. The standard InChI is InChI=1S/C12H17N5/c1-3-15-12(10-7-13-9-14-8-10)6-11-4-5-17(2)16-11/h4-5,7-9,12,15H,3,6H2,1-2H3. The molecule has 0 aliphatic rings. The van der Waals surface area contributed by atoms with Crippen molar-refractivity contribution in [3.8, 4) is 0 Å². The molecule has 0 aromatic carbocycles. The van der Waals surface area contributed by atoms with E-state index in [-0.39, 0.29) is 6.04 Å². The Kier molecular flexibility index (Phi) is 3.82. The molecular formula is C12H17N5. The van der Waals surface area contributed by atoms with E-state index in [1.54, 1.807) is 6.33 Å². The Morgan fingerprint density at radius 1 is 1.35 bits per heavy atom. The highest BCUT2D eigenvalue weighted by molar-refractivity contribution is 5.13. The van der Waals surface area contributed by atoms with E-state index in [1.165, 1.54) is 0 Å². The molecule has 1 unspecified atom stereocenters. The summed E-state index contributed by atoms with van der Waals surface area (Å²) in [7, 11) is 1.93. The van der Waals surface area contributed by atoms with E-state index >= 15 is 0 Å². The normalized spacial score (nSPS) is 12.6. The summed E-state index contributed by atoms with van der Waals surface area (Å²) in [5.41, 5.74) is 2.17. The highest BCUT2D eigenvalue weighted by Gasteiger charge is 2.12. The van der Waals surface area contributed by atoms with Crippen LogP contribution in [0.5, 0.6) is 0 Å². The molecule has 0 aliphatic heterocycles. The summed E-state index contributed by atoms with van der Waals surface area (Å²) in [5, 5.41) is 7.82. The SMILES string of the molecule is CCNC(Cc1ccn(C)n1)c1cncnc1. The van der Waals surface area contributed by atoms with Crippen molar-refractivity contribution in [1.82, 2.24) is 25.1 Å². The van der Waals surface area contributed by atoms with Gasteiger partial charge in [-0.15, -0.1) is 0 Å². The van der Waals surface area contributed by atoms with Gasteiger partial charge in [-0.25, -0.2) is 9.97 Å². The Bertz CT molecular complexity index is 451. The van der Waals surface area contributed by atoms with E-state index in [2.05, 4.69) is 27.3 Å². The van der Waals surface area contributed by atoms with Crippen molar-refractivity contribution in [3.63, 3.8) is 0 Å². The molecule has 0 radical (unpaired) electrons. The second kappa shape index (κ2) is 5.54. The van der Waals surface area contributed by atoms with E-state index in [1.807, 2.05) is 36.4 Å². The van der Waals surface area contributed by atoms with Gasteiger partial charge in [0.05, 0.1) is 5.69 Å². The first kappa shape index (κ1) is 11.7. The zero-order valence-electron chi connectivity index (χ0n) is 10.2.